The van der Waals surface area contributed by atoms with E-state index in [-0.39, 0.29) is 18.2 Å². The molecule has 1 atom stereocenters. The Morgan fingerprint density at radius 3 is 2.94 bits per heavy atom. The average Bonchev–Trinajstić information content (AvgIpc) is 2.55. The molecule has 0 fully saturated rings. The topological polar surface area (TPSA) is 70.1 Å². The van der Waals surface area contributed by atoms with Gasteiger partial charge in [-0.15, -0.1) is 0 Å². The number of fused-ring (bicyclic) bond motifs is 1. The first-order valence-electron chi connectivity index (χ1n) is 5.68. The summed E-state index contributed by atoms with van der Waals surface area (Å²) in [5.74, 6) is -0.320. The minimum absolute atomic E-state index is 0.00222. The van der Waals surface area contributed by atoms with Crippen molar-refractivity contribution >= 4 is 11.6 Å². The van der Waals surface area contributed by atoms with Crippen molar-refractivity contribution in [3.05, 3.63) is 29.3 Å². The van der Waals surface area contributed by atoms with E-state index in [0.717, 1.165) is 16.8 Å². The van der Waals surface area contributed by atoms with E-state index in [1.807, 2.05) is 25.1 Å². The second-order valence-corrected chi connectivity index (χ2v) is 4.26. The highest BCUT2D eigenvalue weighted by Gasteiger charge is 2.36. The molecule has 1 heterocycles. The maximum Gasteiger partial charge on any atom is 0.235 e. The largest absolute Gasteiger partial charge is 0.329 e. The van der Waals surface area contributed by atoms with Gasteiger partial charge in [-0.2, -0.15) is 5.26 Å². The molecule has 1 aliphatic rings. The van der Waals surface area contributed by atoms with Gasteiger partial charge in [-0.25, -0.2) is 0 Å². The number of carbonyl (C=O) groups is 1. The average molecular weight is 229 g/mol. The van der Waals surface area contributed by atoms with Crippen LogP contribution in [-0.4, -0.2) is 19.0 Å². The van der Waals surface area contributed by atoms with Gasteiger partial charge in [0.2, 0.25) is 5.91 Å². The van der Waals surface area contributed by atoms with E-state index in [2.05, 4.69) is 6.07 Å². The molecule has 0 aliphatic carbocycles. The van der Waals surface area contributed by atoms with E-state index in [1.54, 1.807) is 4.90 Å². The Balaban J connectivity index is 2.46. The zero-order valence-electron chi connectivity index (χ0n) is 9.81. The van der Waals surface area contributed by atoms with Crippen molar-refractivity contribution in [2.75, 3.05) is 18.0 Å². The molecular weight excluding hydrogens is 214 g/mol. The van der Waals surface area contributed by atoms with Gasteiger partial charge in [0.25, 0.3) is 0 Å². The molecule has 4 nitrogen and oxygen atoms in total. The fraction of sp³-hybridized carbons (Fsp3) is 0.385. The van der Waals surface area contributed by atoms with Crippen LogP contribution in [0.5, 0.6) is 0 Å². The van der Waals surface area contributed by atoms with Crippen molar-refractivity contribution in [3.63, 3.8) is 0 Å². The smallest absolute Gasteiger partial charge is 0.235 e. The van der Waals surface area contributed by atoms with Crippen molar-refractivity contribution in [3.8, 4) is 6.07 Å². The van der Waals surface area contributed by atoms with Crippen LogP contribution in [0.3, 0.4) is 0 Å². The third-order valence-corrected chi connectivity index (χ3v) is 3.06. The first kappa shape index (κ1) is 11.6. The number of hydrogen-bond donors (Lipinski definition) is 1. The number of benzene rings is 1. The zero-order valence-corrected chi connectivity index (χ0v) is 9.81. The lowest BCUT2D eigenvalue weighted by atomic mass is 9.96. The summed E-state index contributed by atoms with van der Waals surface area (Å²) in [6.45, 7) is 2.93. The molecule has 1 aliphatic heterocycles. The summed E-state index contributed by atoms with van der Waals surface area (Å²) < 4.78 is 0. The van der Waals surface area contributed by atoms with Gasteiger partial charge in [0.15, 0.2) is 0 Å². The van der Waals surface area contributed by atoms with E-state index in [4.69, 9.17) is 11.0 Å². The van der Waals surface area contributed by atoms with Crippen LogP contribution in [0.2, 0.25) is 0 Å². The van der Waals surface area contributed by atoms with Crippen LogP contribution in [0.4, 0.5) is 5.69 Å². The van der Waals surface area contributed by atoms with Gasteiger partial charge < -0.3 is 10.6 Å². The Hall–Kier alpha value is -1.86. The summed E-state index contributed by atoms with van der Waals surface area (Å²) in [7, 11) is 0. The maximum absolute atomic E-state index is 12.2. The molecule has 88 valence electrons. The lowest BCUT2D eigenvalue weighted by Gasteiger charge is -2.16. The molecule has 0 bridgehead atoms. The van der Waals surface area contributed by atoms with E-state index in [9.17, 15) is 4.79 Å². The van der Waals surface area contributed by atoms with Crippen molar-refractivity contribution in [1.82, 2.24) is 0 Å². The SMILES string of the molecule is Cc1ccc2c(c1)C(CC#N)C(=O)N2CCN. The number of nitrogens with zero attached hydrogens (tertiary/aromatic N) is 2. The molecule has 2 N–H and O–H groups in total. The van der Waals surface area contributed by atoms with Crippen LogP contribution >= 0.6 is 0 Å². The molecule has 4 heteroatoms. The molecule has 0 radical (unpaired) electrons. The van der Waals surface area contributed by atoms with E-state index < -0.39 is 0 Å². The first-order valence-corrected chi connectivity index (χ1v) is 5.68. The Morgan fingerprint density at radius 1 is 1.53 bits per heavy atom. The highest BCUT2D eigenvalue weighted by atomic mass is 16.2. The van der Waals surface area contributed by atoms with Crippen molar-refractivity contribution in [2.45, 2.75) is 19.3 Å². The second kappa shape index (κ2) is 4.56. The normalized spacial score (nSPS) is 18.1. The fourth-order valence-corrected chi connectivity index (χ4v) is 2.29. The van der Waals surface area contributed by atoms with Gasteiger partial charge in [0.05, 0.1) is 18.4 Å². The number of anilines is 1. The van der Waals surface area contributed by atoms with Crippen LogP contribution < -0.4 is 10.6 Å². The highest BCUT2D eigenvalue weighted by molar-refractivity contribution is 6.05. The fourth-order valence-electron chi connectivity index (χ4n) is 2.29. The van der Waals surface area contributed by atoms with Crippen LogP contribution in [0.1, 0.15) is 23.5 Å². The molecule has 17 heavy (non-hydrogen) atoms. The maximum atomic E-state index is 12.2. The third kappa shape index (κ3) is 1.90. The molecular formula is C13H15N3O. The summed E-state index contributed by atoms with van der Waals surface area (Å²) in [6.07, 6.45) is 0.232. The van der Waals surface area contributed by atoms with Crippen molar-refractivity contribution < 1.29 is 4.79 Å². The molecule has 0 aromatic heterocycles. The number of hydrogen-bond acceptors (Lipinski definition) is 3. The van der Waals surface area contributed by atoms with Gasteiger partial charge >= 0.3 is 0 Å². The number of aryl methyl sites for hydroxylation is 1. The summed E-state index contributed by atoms with van der Waals surface area (Å²) in [6, 6.07) is 7.99. The quantitative estimate of drug-likeness (QED) is 0.849. The van der Waals surface area contributed by atoms with Crippen LogP contribution in [0.25, 0.3) is 0 Å². The summed E-state index contributed by atoms with van der Waals surface area (Å²) in [4.78, 5) is 13.9. The first-order chi connectivity index (χ1) is 8.19. The predicted octanol–water partition coefficient (Wildman–Crippen LogP) is 1.30. The van der Waals surface area contributed by atoms with Gasteiger partial charge in [-0.05, 0) is 18.6 Å². The van der Waals surface area contributed by atoms with E-state index >= 15 is 0 Å². The monoisotopic (exact) mass is 229 g/mol. The standard InChI is InChI=1S/C13H15N3O/c1-9-2-3-12-11(8-9)10(4-5-14)13(17)16(12)7-6-15/h2-3,8,10H,4,6-7,15H2,1H3. The van der Waals surface area contributed by atoms with Crippen LogP contribution in [-0.2, 0) is 4.79 Å². The minimum atomic E-state index is -0.318. The molecule has 0 saturated heterocycles. The molecule has 1 unspecified atom stereocenters. The summed E-state index contributed by atoms with van der Waals surface area (Å²) in [5, 5.41) is 8.81. The predicted molar refractivity (Wildman–Crippen MR) is 65.6 cm³/mol. The summed E-state index contributed by atoms with van der Waals surface area (Å²) in [5.41, 5.74) is 8.50. The molecule has 1 aromatic carbocycles. The number of rotatable bonds is 3. The lowest BCUT2D eigenvalue weighted by molar-refractivity contribution is -0.119. The minimum Gasteiger partial charge on any atom is -0.329 e. The Bertz CT molecular complexity index is 490. The number of carbonyl (C=O) groups excluding carboxylic acids is 1. The van der Waals surface area contributed by atoms with E-state index in [0.29, 0.717) is 13.1 Å². The lowest BCUT2D eigenvalue weighted by Crippen LogP contribution is -2.33. The van der Waals surface area contributed by atoms with Gasteiger partial charge in [0, 0.05) is 18.8 Å². The number of amides is 1. The Labute approximate surface area is 101 Å². The Morgan fingerprint density at radius 2 is 2.29 bits per heavy atom. The van der Waals surface area contributed by atoms with Gasteiger partial charge in [-0.3, -0.25) is 4.79 Å². The molecule has 2 rings (SSSR count). The molecule has 1 amide bonds. The van der Waals surface area contributed by atoms with Gasteiger partial charge in [0.1, 0.15) is 0 Å². The molecule has 0 saturated carbocycles. The van der Waals surface area contributed by atoms with Crippen LogP contribution in [0.15, 0.2) is 18.2 Å². The zero-order chi connectivity index (χ0) is 12.4. The van der Waals surface area contributed by atoms with Gasteiger partial charge in [-0.1, -0.05) is 17.7 Å². The number of nitrogens with two attached hydrogens (primary N) is 1. The van der Waals surface area contributed by atoms with E-state index in [1.165, 1.54) is 0 Å². The highest BCUT2D eigenvalue weighted by Crippen LogP contribution is 2.39. The van der Waals surface area contributed by atoms with Crippen molar-refractivity contribution in [2.24, 2.45) is 5.73 Å². The third-order valence-electron chi connectivity index (χ3n) is 3.06. The molecule has 1 aromatic rings. The summed E-state index contributed by atoms with van der Waals surface area (Å²) >= 11 is 0. The Kier molecular flexibility index (Phi) is 3.12. The van der Waals surface area contributed by atoms with Crippen LogP contribution in [0, 0.1) is 18.3 Å². The second-order valence-electron chi connectivity index (χ2n) is 4.26. The van der Waals surface area contributed by atoms with Crippen molar-refractivity contribution in [1.29, 1.82) is 5.26 Å². The number of nitriles is 1. The molecule has 0 spiro atoms.